The maximum Gasteiger partial charge on any atom is 0.401 e. The Labute approximate surface area is 103 Å². The topological polar surface area (TPSA) is 95.1 Å². The zero-order valence-corrected chi connectivity index (χ0v) is 11.0. The van der Waals surface area contributed by atoms with Gasteiger partial charge in [-0.05, 0) is 16.3 Å². The van der Waals surface area contributed by atoms with Crippen LogP contribution in [0.15, 0.2) is 5.03 Å². The fraction of sp³-hybridized carbons (Fsp3) is 0.625. The van der Waals surface area contributed by atoms with Crippen molar-refractivity contribution in [2.75, 3.05) is 11.6 Å². The van der Waals surface area contributed by atoms with Crippen molar-refractivity contribution in [2.24, 2.45) is 7.05 Å². The Morgan fingerprint density at radius 2 is 2.12 bits per heavy atom. The second-order valence-electron chi connectivity index (χ2n) is 3.47. The zero-order valence-electron chi connectivity index (χ0n) is 9.38. The van der Waals surface area contributed by atoms with Crippen LogP contribution in [0.2, 0.25) is 0 Å². The van der Waals surface area contributed by atoms with E-state index in [4.69, 9.17) is 11.6 Å². The smallest absolute Gasteiger partial charge is 0.358 e. The molecule has 0 aliphatic heterocycles. The van der Waals surface area contributed by atoms with E-state index in [0.29, 0.717) is 0 Å². The van der Waals surface area contributed by atoms with Crippen LogP contribution in [0.25, 0.3) is 0 Å². The molecular weight excluding hydrogens is 270 g/mol. The first-order valence-corrected chi connectivity index (χ1v) is 6.96. The summed E-state index contributed by atoms with van der Waals surface area (Å²) in [6.45, 7) is 1.51. The van der Waals surface area contributed by atoms with Gasteiger partial charge in [-0.1, -0.05) is 0 Å². The van der Waals surface area contributed by atoms with Crippen molar-refractivity contribution >= 4 is 27.3 Å². The minimum absolute atomic E-state index is 0.184. The molecule has 0 amide bonds. The van der Waals surface area contributed by atoms with Gasteiger partial charge in [0.05, 0.1) is 5.75 Å². The summed E-state index contributed by atoms with van der Waals surface area (Å²) in [4.78, 5) is 13.6. The maximum atomic E-state index is 11.9. The molecule has 0 bridgehead atoms. The second-order valence-corrected chi connectivity index (χ2v) is 5.87. The summed E-state index contributed by atoms with van der Waals surface area (Å²) in [6, 6.07) is 0. The van der Waals surface area contributed by atoms with Crippen LogP contribution in [0.5, 0.6) is 0 Å². The standard InChI is InChI=1S/C8H12ClN3O4S/c1-6-10-7(12(13)14)8(11(6)2)17(15,16)5-3-4-9/h3-5H2,1-2H3. The number of halogens is 1. The quantitative estimate of drug-likeness (QED) is 0.456. The Kier molecular flexibility index (Phi) is 4.10. The van der Waals surface area contributed by atoms with Gasteiger partial charge in [-0.2, -0.15) is 0 Å². The summed E-state index contributed by atoms with van der Waals surface area (Å²) in [5, 5.41) is 10.4. The van der Waals surface area contributed by atoms with Crippen LogP contribution in [-0.4, -0.2) is 34.5 Å². The van der Waals surface area contributed by atoms with Crippen LogP contribution in [0.4, 0.5) is 5.82 Å². The number of rotatable bonds is 5. The number of hydrogen-bond acceptors (Lipinski definition) is 5. The van der Waals surface area contributed by atoms with Gasteiger partial charge < -0.3 is 10.1 Å². The highest BCUT2D eigenvalue weighted by molar-refractivity contribution is 7.91. The van der Waals surface area contributed by atoms with E-state index in [1.165, 1.54) is 18.5 Å². The van der Waals surface area contributed by atoms with Gasteiger partial charge >= 0.3 is 5.82 Å². The van der Waals surface area contributed by atoms with Crippen molar-refractivity contribution < 1.29 is 13.3 Å². The van der Waals surface area contributed by atoms with Crippen LogP contribution in [0, 0.1) is 17.0 Å². The molecule has 0 N–H and O–H groups in total. The van der Waals surface area contributed by atoms with Crippen molar-refractivity contribution in [1.29, 1.82) is 0 Å². The first-order chi connectivity index (χ1) is 7.81. The van der Waals surface area contributed by atoms with Crippen molar-refractivity contribution in [3.05, 3.63) is 15.9 Å². The molecule has 1 heterocycles. The molecule has 0 spiro atoms. The highest BCUT2D eigenvalue weighted by atomic mass is 35.5. The summed E-state index contributed by atoms with van der Waals surface area (Å²) in [6.07, 6.45) is 0.241. The van der Waals surface area contributed by atoms with Crippen LogP contribution < -0.4 is 0 Å². The lowest BCUT2D eigenvalue weighted by atomic mass is 10.6. The lowest BCUT2D eigenvalue weighted by Crippen LogP contribution is -2.13. The molecule has 1 aromatic rings. The van der Waals surface area contributed by atoms with Crippen molar-refractivity contribution in [1.82, 2.24) is 9.55 Å². The molecular formula is C8H12ClN3O4S. The third-order valence-corrected chi connectivity index (χ3v) is 4.40. The molecule has 0 atom stereocenters. The molecule has 7 nitrogen and oxygen atoms in total. The molecule has 0 aliphatic rings. The Hall–Kier alpha value is -1.15. The number of sulfone groups is 1. The Balaban J connectivity index is 3.34. The van der Waals surface area contributed by atoms with Gasteiger partial charge in [0, 0.05) is 19.9 Å². The van der Waals surface area contributed by atoms with Crippen molar-refractivity contribution in [3.8, 4) is 0 Å². The number of aromatic nitrogens is 2. The Bertz CT molecular complexity index is 537. The van der Waals surface area contributed by atoms with E-state index in [0.717, 1.165) is 0 Å². The molecule has 0 aliphatic carbocycles. The van der Waals surface area contributed by atoms with E-state index >= 15 is 0 Å². The maximum absolute atomic E-state index is 11.9. The molecule has 0 unspecified atom stereocenters. The molecule has 9 heteroatoms. The fourth-order valence-electron chi connectivity index (χ4n) is 1.38. The third-order valence-electron chi connectivity index (χ3n) is 2.26. The molecule has 0 radical (unpaired) electrons. The molecule has 96 valence electrons. The summed E-state index contributed by atoms with van der Waals surface area (Å²) < 4.78 is 25.1. The van der Waals surface area contributed by atoms with Crippen LogP contribution in [-0.2, 0) is 16.9 Å². The predicted molar refractivity (Wildman–Crippen MR) is 62.0 cm³/mol. The van der Waals surface area contributed by atoms with Gasteiger partial charge in [0.2, 0.25) is 20.7 Å². The Morgan fingerprint density at radius 3 is 2.59 bits per heavy atom. The molecule has 1 rings (SSSR count). The first kappa shape index (κ1) is 13.9. The van der Waals surface area contributed by atoms with Gasteiger partial charge in [-0.3, -0.25) is 4.57 Å². The number of nitro groups is 1. The highest BCUT2D eigenvalue weighted by Gasteiger charge is 2.33. The normalized spacial score (nSPS) is 11.7. The zero-order chi connectivity index (χ0) is 13.2. The lowest BCUT2D eigenvalue weighted by Gasteiger charge is -2.03. The molecule has 0 saturated carbocycles. The average Bonchev–Trinajstić information content (AvgIpc) is 2.53. The van der Waals surface area contributed by atoms with E-state index < -0.39 is 20.6 Å². The van der Waals surface area contributed by atoms with E-state index in [1.54, 1.807) is 0 Å². The lowest BCUT2D eigenvalue weighted by molar-refractivity contribution is -0.392. The number of imidazole rings is 1. The first-order valence-electron chi connectivity index (χ1n) is 4.77. The van der Waals surface area contributed by atoms with E-state index in [2.05, 4.69) is 4.98 Å². The monoisotopic (exact) mass is 281 g/mol. The number of nitrogens with zero attached hydrogens (tertiary/aromatic N) is 3. The van der Waals surface area contributed by atoms with Gasteiger partial charge in [-0.25, -0.2) is 8.42 Å². The highest BCUT2D eigenvalue weighted by Crippen LogP contribution is 2.24. The summed E-state index contributed by atoms with van der Waals surface area (Å²) in [7, 11) is -2.30. The second kappa shape index (κ2) is 5.01. The van der Waals surface area contributed by atoms with Crippen molar-refractivity contribution in [3.63, 3.8) is 0 Å². The van der Waals surface area contributed by atoms with Crippen LogP contribution in [0.1, 0.15) is 12.2 Å². The summed E-state index contributed by atoms with van der Waals surface area (Å²) >= 11 is 5.42. The number of aryl methyl sites for hydroxylation is 1. The number of hydrogen-bond donors (Lipinski definition) is 0. The van der Waals surface area contributed by atoms with E-state index in [9.17, 15) is 18.5 Å². The molecule has 17 heavy (non-hydrogen) atoms. The SMILES string of the molecule is Cc1nc([N+](=O)[O-])c(S(=O)(=O)CCCCl)n1C. The van der Waals surface area contributed by atoms with E-state index in [-0.39, 0.29) is 28.9 Å². The summed E-state index contributed by atoms with van der Waals surface area (Å²) in [5.41, 5.74) is 0. The van der Waals surface area contributed by atoms with E-state index in [1.807, 2.05) is 0 Å². The minimum Gasteiger partial charge on any atom is -0.358 e. The third kappa shape index (κ3) is 2.75. The van der Waals surface area contributed by atoms with Gasteiger partial charge in [0.25, 0.3) is 0 Å². The predicted octanol–water partition coefficient (Wildman–Crippen LogP) is 1.04. The fourth-order valence-corrected chi connectivity index (χ4v) is 3.34. The largest absolute Gasteiger partial charge is 0.401 e. The summed E-state index contributed by atoms with van der Waals surface area (Å²) in [5.74, 6) is -0.388. The molecule has 0 fully saturated rings. The molecule has 0 saturated heterocycles. The van der Waals surface area contributed by atoms with Crippen LogP contribution in [0.3, 0.4) is 0 Å². The van der Waals surface area contributed by atoms with Gasteiger partial charge in [0.1, 0.15) is 0 Å². The van der Waals surface area contributed by atoms with Gasteiger partial charge in [-0.15, -0.1) is 11.6 Å². The Morgan fingerprint density at radius 1 is 1.53 bits per heavy atom. The molecule has 0 aromatic carbocycles. The minimum atomic E-state index is -3.73. The van der Waals surface area contributed by atoms with Gasteiger partial charge in [0.15, 0.2) is 0 Å². The van der Waals surface area contributed by atoms with Crippen molar-refractivity contribution in [2.45, 2.75) is 18.4 Å². The number of alkyl halides is 1. The molecule has 1 aromatic heterocycles. The van der Waals surface area contributed by atoms with Crippen LogP contribution >= 0.6 is 11.6 Å². The average molecular weight is 282 g/mol.